The number of hydrogen-bond donors (Lipinski definition) is 4. The molecule has 3 aliphatic rings. The Kier molecular flexibility index (Phi) is 6.53. The smallest absolute Gasteiger partial charge is 0.289 e. The van der Waals surface area contributed by atoms with Crippen molar-refractivity contribution in [2.45, 2.75) is 67.5 Å². The number of amides is 1. The van der Waals surface area contributed by atoms with E-state index >= 15 is 0 Å². The standard InChI is InChI=1S/C26H32N10O3S/c1-40(38,39)22-21(15-9-16-5-6-17(10-15)35(16)26(37)23(28)32-13-27)34-25-18(12-33-36(25)24(22)29)14-4-7-20(31-11-14)19-3-2-8-30-19/h4,7,11-13,15-17,19,30H,2-3,5-6,8-10,29H2,1H3,(H3,27,28,32)/t15?,16-,17+,19?. The van der Waals surface area contributed by atoms with E-state index in [1.807, 2.05) is 12.1 Å². The second kappa shape index (κ2) is 9.93. The highest BCUT2D eigenvalue weighted by atomic mass is 32.2. The lowest BCUT2D eigenvalue weighted by molar-refractivity contribution is -0.128. The molecular weight excluding hydrogens is 532 g/mol. The number of piperidine rings is 1. The Morgan fingerprint density at radius 1 is 1.20 bits per heavy atom. The molecule has 210 valence electrons. The molecular formula is C26H32N10O3S. The zero-order chi connectivity index (χ0) is 28.2. The van der Waals surface area contributed by atoms with Crippen LogP contribution in [-0.2, 0) is 14.6 Å². The quantitative estimate of drug-likeness (QED) is 0.261. The molecule has 3 fully saturated rings. The molecule has 6 rings (SSSR count). The fraction of sp³-hybridized carbons (Fsp3) is 0.462. The summed E-state index contributed by atoms with van der Waals surface area (Å²) >= 11 is 0. The summed E-state index contributed by atoms with van der Waals surface area (Å²) in [6.07, 6.45) is 10.0. The highest BCUT2D eigenvalue weighted by Gasteiger charge is 2.46. The number of sulfone groups is 1. The first-order valence-electron chi connectivity index (χ1n) is 13.4. The van der Waals surface area contributed by atoms with Crippen molar-refractivity contribution in [1.82, 2.24) is 29.8 Å². The van der Waals surface area contributed by atoms with Gasteiger partial charge in [-0.25, -0.2) is 18.4 Å². The van der Waals surface area contributed by atoms with E-state index in [1.54, 1.807) is 17.3 Å². The molecule has 0 saturated carbocycles. The van der Waals surface area contributed by atoms with Crippen molar-refractivity contribution in [3.8, 4) is 11.1 Å². The van der Waals surface area contributed by atoms with E-state index in [-0.39, 0.29) is 40.6 Å². The van der Waals surface area contributed by atoms with Gasteiger partial charge in [0, 0.05) is 47.6 Å². The normalized spacial score (nSPS) is 25.0. The molecule has 6 N–H and O–H groups in total. The maximum absolute atomic E-state index is 13.0. The summed E-state index contributed by atoms with van der Waals surface area (Å²) in [5.41, 5.74) is 15.6. The minimum Gasteiger partial charge on any atom is -0.382 e. The number of pyridine rings is 1. The Hall–Kier alpha value is -3.91. The minimum atomic E-state index is -3.75. The third-order valence-electron chi connectivity index (χ3n) is 8.33. The number of rotatable bonds is 5. The first-order chi connectivity index (χ1) is 19.2. The number of nitrogen functional groups attached to an aromatic ring is 1. The molecule has 3 saturated heterocycles. The van der Waals surface area contributed by atoms with E-state index in [0.717, 1.165) is 56.1 Å². The van der Waals surface area contributed by atoms with Crippen molar-refractivity contribution in [2.75, 3.05) is 18.5 Å². The average molecular weight is 565 g/mol. The van der Waals surface area contributed by atoms with Gasteiger partial charge in [0.15, 0.2) is 21.3 Å². The van der Waals surface area contributed by atoms with Crippen molar-refractivity contribution in [3.05, 3.63) is 35.9 Å². The number of amidine groups is 1. The number of carbonyl (C=O) groups is 1. The maximum Gasteiger partial charge on any atom is 0.289 e. The first kappa shape index (κ1) is 26.3. The van der Waals surface area contributed by atoms with Crippen LogP contribution in [0.3, 0.4) is 0 Å². The molecule has 13 nitrogen and oxygen atoms in total. The molecule has 0 spiro atoms. The van der Waals surface area contributed by atoms with Gasteiger partial charge in [0.2, 0.25) is 0 Å². The van der Waals surface area contributed by atoms with E-state index in [0.29, 0.717) is 29.7 Å². The van der Waals surface area contributed by atoms with Crippen molar-refractivity contribution in [2.24, 2.45) is 10.7 Å². The lowest BCUT2D eigenvalue weighted by Crippen LogP contribution is -2.50. The predicted octanol–water partition coefficient (Wildman–Crippen LogP) is 1.40. The monoisotopic (exact) mass is 564 g/mol. The van der Waals surface area contributed by atoms with Crippen LogP contribution in [0.15, 0.2) is 34.4 Å². The number of aliphatic imine (C=N–C) groups is 1. The van der Waals surface area contributed by atoms with E-state index in [1.165, 1.54) is 4.52 Å². The number of aromatic nitrogens is 4. The van der Waals surface area contributed by atoms with Crippen LogP contribution < -0.4 is 16.8 Å². The van der Waals surface area contributed by atoms with Gasteiger partial charge in [-0.05, 0) is 51.1 Å². The summed E-state index contributed by atoms with van der Waals surface area (Å²) in [6.45, 7) is 0.982. The summed E-state index contributed by atoms with van der Waals surface area (Å²) < 4.78 is 27.4. The Balaban J connectivity index is 1.40. The van der Waals surface area contributed by atoms with Gasteiger partial charge < -0.3 is 21.7 Å². The number of anilines is 1. The van der Waals surface area contributed by atoms with E-state index in [4.69, 9.17) is 21.9 Å². The van der Waals surface area contributed by atoms with Gasteiger partial charge in [-0.3, -0.25) is 15.2 Å². The fourth-order valence-electron chi connectivity index (χ4n) is 6.58. The van der Waals surface area contributed by atoms with Crippen molar-refractivity contribution >= 4 is 39.4 Å². The zero-order valence-electron chi connectivity index (χ0n) is 22.1. The third kappa shape index (κ3) is 4.40. The van der Waals surface area contributed by atoms with E-state index in [2.05, 4.69) is 20.4 Å². The fourth-order valence-corrected chi connectivity index (χ4v) is 7.63. The lowest BCUT2D eigenvalue weighted by atomic mass is 9.87. The first-order valence-corrected chi connectivity index (χ1v) is 15.3. The van der Waals surface area contributed by atoms with Crippen LogP contribution in [-0.4, -0.2) is 75.9 Å². The SMILES string of the molecule is CS(=O)(=O)c1c(C2C[C@H]3CC[C@@H](C2)N3C(=O)C(N)=NC=N)nc2c(-c3ccc(C4CCCN4)nc3)cnn2c1N. The topological polar surface area (TPSA) is 198 Å². The molecule has 6 heterocycles. The molecule has 0 radical (unpaired) electrons. The van der Waals surface area contributed by atoms with E-state index in [9.17, 15) is 13.2 Å². The van der Waals surface area contributed by atoms with Gasteiger partial charge in [-0.15, -0.1) is 0 Å². The minimum absolute atomic E-state index is 0.0155. The van der Waals surface area contributed by atoms with Crippen molar-refractivity contribution in [3.63, 3.8) is 0 Å². The van der Waals surface area contributed by atoms with Gasteiger partial charge >= 0.3 is 0 Å². The number of hydrogen-bond acceptors (Lipinski definition) is 9. The summed E-state index contributed by atoms with van der Waals surface area (Å²) in [6, 6.07) is 3.93. The molecule has 4 atom stereocenters. The van der Waals surface area contributed by atoms with Gasteiger partial charge in [0.1, 0.15) is 17.1 Å². The number of nitrogens with one attached hydrogen (secondary N) is 2. The summed E-state index contributed by atoms with van der Waals surface area (Å²) in [4.78, 5) is 27.9. The van der Waals surface area contributed by atoms with Gasteiger partial charge in [-0.2, -0.15) is 9.61 Å². The Bertz CT molecular complexity index is 1610. The number of carbonyl (C=O) groups excluding carboxylic acids is 1. The van der Waals surface area contributed by atoms with Gasteiger partial charge in [-0.1, -0.05) is 6.07 Å². The van der Waals surface area contributed by atoms with Crippen molar-refractivity contribution < 1.29 is 13.2 Å². The zero-order valence-corrected chi connectivity index (χ0v) is 22.9. The van der Waals surface area contributed by atoms with Crippen LogP contribution in [0.5, 0.6) is 0 Å². The van der Waals surface area contributed by atoms with Crippen LogP contribution >= 0.6 is 0 Å². The average Bonchev–Trinajstić information content (AvgIpc) is 3.66. The molecule has 2 unspecified atom stereocenters. The highest BCUT2D eigenvalue weighted by Crippen LogP contribution is 2.45. The second-order valence-corrected chi connectivity index (χ2v) is 12.8. The second-order valence-electron chi connectivity index (χ2n) is 10.8. The van der Waals surface area contributed by atoms with E-state index < -0.39 is 15.7 Å². The Morgan fingerprint density at radius 3 is 2.55 bits per heavy atom. The summed E-state index contributed by atoms with van der Waals surface area (Å²) in [5.74, 6) is -0.849. The van der Waals surface area contributed by atoms with Gasteiger partial charge in [0.05, 0.1) is 17.6 Å². The Morgan fingerprint density at radius 2 is 1.95 bits per heavy atom. The Labute approximate surface area is 231 Å². The highest BCUT2D eigenvalue weighted by molar-refractivity contribution is 7.91. The summed E-state index contributed by atoms with van der Waals surface area (Å²) in [5, 5.41) is 15.0. The largest absolute Gasteiger partial charge is 0.382 e. The number of nitrogens with zero attached hydrogens (tertiary/aromatic N) is 6. The molecule has 1 amide bonds. The van der Waals surface area contributed by atoms with Crippen LogP contribution in [0, 0.1) is 5.41 Å². The molecule has 14 heteroatoms. The lowest BCUT2D eigenvalue weighted by Gasteiger charge is -2.39. The summed E-state index contributed by atoms with van der Waals surface area (Å²) in [7, 11) is -3.75. The van der Waals surface area contributed by atoms with Crippen LogP contribution in [0.2, 0.25) is 0 Å². The molecule has 3 aromatic rings. The van der Waals surface area contributed by atoms with Crippen molar-refractivity contribution in [1.29, 1.82) is 5.41 Å². The maximum atomic E-state index is 13.0. The van der Waals surface area contributed by atoms with Crippen LogP contribution in [0.25, 0.3) is 16.8 Å². The van der Waals surface area contributed by atoms with Gasteiger partial charge in [0.25, 0.3) is 5.91 Å². The molecule has 0 aliphatic carbocycles. The molecule has 0 aromatic carbocycles. The van der Waals surface area contributed by atoms with Crippen LogP contribution in [0.4, 0.5) is 5.82 Å². The number of nitrogens with two attached hydrogens (primary N) is 2. The molecule has 3 aliphatic heterocycles. The molecule has 2 bridgehead atoms. The number of fused-ring (bicyclic) bond motifs is 3. The predicted molar refractivity (Wildman–Crippen MR) is 150 cm³/mol. The molecule has 3 aromatic heterocycles. The molecule has 40 heavy (non-hydrogen) atoms. The third-order valence-corrected chi connectivity index (χ3v) is 9.49. The van der Waals surface area contributed by atoms with Crippen LogP contribution in [0.1, 0.15) is 61.9 Å².